The van der Waals surface area contributed by atoms with Crippen molar-refractivity contribution in [2.45, 2.75) is 25.9 Å². The fourth-order valence-electron chi connectivity index (χ4n) is 2.31. The Kier molecular flexibility index (Phi) is 8.35. The third-order valence-electron chi connectivity index (χ3n) is 3.32. The molecule has 0 atom stereocenters. The van der Waals surface area contributed by atoms with Crippen molar-refractivity contribution in [2.75, 3.05) is 24.2 Å². The van der Waals surface area contributed by atoms with Gasteiger partial charge in [0.05, 0.1) is 30.2 Å². The molecule has 0 aromatic heterocycles. The number of halogens is 2. The molecule has 2 rings (SSSR count). The van der Waals surface area contributed by atoms with Crippen LogP contribution in [0.5, 0.6) is 5.75 Å². The molecule has 1 heterocycles. The number of benzene rings is 1. The van der Waals surface area contributed by atoms with Crippen molar-refractivity contribution < 1.29 is 18.0 Å². The van der Waals surface area contributed by atoms with Gasteiger partial charge in [-0.3, -0.25) is 9.56 Å². The number of nitrogens with two attached hydrogens (primary N) is 2. The number of sulfonamides is 1. The van der Waals surface area contributed by atoms with E-state index >= 15 is 0 Å². The summed E-state index contributed by atoms with van der Waals surface area (Å²) in [6.45, 7) is 4.16. The molecule has 0 aliphatic carbocycles. The standard InChI is InChI=1S/C15H23ClN6O4S.BrH/c1-15(2)20-13(17)19-14(18)22(15)26-8-4-7-25-12-9-10(5-6-11(12)16)21-27(3,23)24;/h5-6,9,21H,4,7-8H2,1-3H3,(H4,17,18,19,20);1H. The first kappa shape index (κ1) is 24.3. The van der Waals surface area contributed by atoms with Crippen LogP contribution >= 0.6 is 28.6 Å². The summed E-state index contributed by atoms with van der Waals surface area (Å²) in [5.74, 6) is 0.580. The lowest BCUT2D eigenvalue weighted by Gasteiger charge is -2.36. The normalized spacial score (nSPS) is 15.9. The summed E-state index contributed by atoms with van der Waals surface area (Å²) in [4.78, 5) is 13.7. The largest absolute Gasteiger partial charge is 0.492 e. The third kappa shape index (κ3) is 7.00. The van der Waals surface area contributed by atoms with Gasteiger partial charge >= 0.3 is 0 Å². The molecule has 0 saturated carbocycles. The molecule has 0 saturated heterocycles. The van der Waals surface area contributed by atoms with E-state index in [0.717, 1.165) is 6.26 Å². The lowest BCUT2D eigenvalue weighted by molar-refractivity contribution is -0.158. The third-order valence-corrected chi connectivity index (χ3v) is 4.24. The van der Waals surface area contributed by atoms with Crippen molar-refractivity contribution >= 4 is 56.2 Å². The van der Waals surface area contributed by atoms with Gasteiger partial charge in [-0.15, -0.1) is 17.0 Å². The van der Waals surface area contributed by atoms with Gasteiger partial charge in [-0.05, 0) is 26.0 Å². The molecule has 1 aromatic carbocycles. The minimum Gasteiger partial charge on any atom is -0.492 e. The number of nitrogens with one attached hydrogen (secondary N) is 1. The number of hydrogen-bond donors (Lipinski definition) is 3. The van der Waals surface area contributed by atoms with Gasteiger partial charge in [0.2, 0.25) is 21.9 Å². The second-order valence-electron chi connectivity index (χ2n) is 6.28. The van der Waals surface area contributed by atoms with E-state index < -0.39 is 15.7 Å². The Balaban J connectivity index is 0.00000392. The SMILES string of the molecule is Br.CC1(C)N=C(N)N=C(N)N1OCCCOc1cc(NS(C)(=O)=O)ccc1Cl. The minimum absolute atomic E-state index is 0. The predicted octanol–water partition coefficient (Wildman–Crippen LogP) is 1.67. The van der Waals surface area contributed by atoms with Crippen LogP contribution in [0, 0.1) is 0 Å². The maximum Gasteiger partial charge on any atom is 0.229 e. The number of rotatable bonds is 8. The Hall–Kier alpha value is -1.76. The molecular weight excluding hydrogens is 476 g/mol. The van der Waals surface area contributed by atoms with Crippen molar-refractivity contribution in [3.05, 3.63) is 23.2 Å². The molecular formula is C15H24BrClN6O4S. The maximum absolute atomic E-state index is 11.3. The smallest absolute Gasteiger partial charge is 0.229 e. The monoisotopic (exact) mass is 498 g/mol. The number of nitrogens with zero attached hydrogens (tertiary/aromatic N) is 3. The molecule has 0 spiro atoms. The fraction of sp³-hybridized carbons (Fsp3) is 0.467. The molecule has 0 unspecified atom stereocenters. The minimum atomic E-state index is -3.39. The number of ether oxygens (including phenoxy) is 1. The first-order valence-corrected chi connectivity index (χ1v) is 10.3. The van der Waals surface area contributed by atoms with Crippen LogP contribution in [0.15, 0.2) is 28.2 Å². The highest BCUT2D eigenvalue weighted by Crippen LogP contribution is 2.28. The Bertz CT molecular complexity index is 862. The van der Waals surface area contributed by atoms with Gasteiger partial charge in [0.25, 0.3) is 0 Å². The predicted molar refractivity (Wildman–Crippen MR) is 115 cm³/mol. The molecule has 0 fully saturated rings. The van der Waals surface area contributed by atoms with Crippen LogP contribution in [0.1, 0.15) is 20.3 Å². The van der Waals surface area contributed by atoms with Crippen molar-refractivity contribution in [2.24, 2.45) is 21.5 Å². The molecule has 158 valence electrons. The Labute approximate surface area is 179 Å². The number of anilines is 1. The van der Waals surface area contributed by atoms with Gasteiger partial charge in [0.1, 0.15) is 5.75 Å². The second-order valence-corrected chi connectivity index (χ2v) is 8.44. The summed E-state index contributed by atoms with van der Waals surface area (Å²) in [7, 11) is -3.39. The quantitative estimate of drug-likeness (QED) is 0.461. The average Bonchev–Trinajstić information content (AvgIpc) is 2.49. The first-order chi connectivity index (χ1) is 12.5. The van der Waals surface area contributed by atoms with Crippen molar-refractivity contribution in [3.8, 4) is 5.75 Å². The van der Waals surface area contributed by atoms with E-state index in [1.165, 1.54) is 11.1 Å². The van der Waals surface area contributed by atoms with Crippen LogP contribution in [0.25, 0.3) is 0 Å². The van der Waals surface area contributed by atoms with Crippen LogP contribution < -0.4 is 20.9 Å². The van der Waals surface area contributed by atoms with E-state index in [1.807, 2.05) is 0 Å². The lowest BCUT2D eigenvalue weighted by atomic mass is 10.2. The highest BCUT2D eigenvalue weighted by atomic mass is 79.9. The van der Waals surface area contributed by atoms with Crippen molar-refractivity contribution in [3.63, 3.8) is 0 Å². The zero-order valence-corrected chi connectivity index (χ0v) is 19.0. The lowest BCUT2D eigenvalue weighted by Crippen LogP contribution is -2.53. The van der Waals surface area contributed by atoms with E-state index in [0.29, 0.717) is 29.5 Å². The summed E-state index contributed by atoms with van der Waals surface area (Å²) in [5.41, 5.74) is 11.0. The van der Waals surface area contributed by atoms with Crippen molar-refractivity contribution in [1.29, 1.82) is 0 Å². The zero-order valence-electron chi connectivity index (χ0n) is 15.7. The fourth-order valence-corrected chi connectivity index (χ4v) is 3.03. The maximum atomic E-state index is 11.3. The second kappa shape index (κ2) is 9.63. The summed E-state index contributed by atoms with van der Waals surface area (Å²) in [6.07, 6.45) is 1.58. The van der Waals surface area contributed by atoms with E-state index in [2.05, 4.69) is 14.7 Å². The zero-order chi connectivity index (χ0) is 20.2. The molecule has 0 bridgehead atoms. The highest BCUT2D eigenvalue weighted by Gasteiger charge is 2.32. The van der Waals surface area contributed by atoms with Crippen LogP contribution in [0.4, 0.5) is 5.69 Å². The van der Waals surface area contributed by atoms with Gasteiger partial charge < -0.3 is 16.2 Å². The van der Waals surface area contributed by atoms with Gasteiger partial charge in [-0.1, -0.05) is 11.6 Å². The summed E-state index contributed by atoms with van der Waals surface area (Å²) < 4.78 is 30.6. The highest BCUT2D eigenvalue weighted by molar-refractivity contribution is 8.93. The summed E-state index contributed by atoms with van der Waals surface area (Å²) >= 11 is 6.07. The number of guanidine groups is 2. The van der Waals surface area contributed by atoms with Gasteiger partial charge in [0.15, 0.2) is 5.66 Å². The van der Waals surface area contributed by atoms with Gasteiger partial charge in [-0.2, -0.15) is 10.1 Å². The summed E-state index contributed by atoms with van der Waals surface area (Å²) in [5, 5.41) is 1.75. The summed E-state index contributed by atoms with van der Waals surface area (Å²) in [6, 6.07) is 4.61. The van der Waals surface area contributed by atoms with Crippen LogP contribution in [0.3, 0.4) is 0 Å². The number of hydroxylamine groups is 2. The van der Waals surface area contributed by atoms with Crippen LogP contribution in [0.2, 0.25) is 5.02 Å². The molecule has 10 nitrogen and oxygen atoms in total. The molecule has 1 aliphatic heterocycles. The Morgan fingerprint density at radius 2 is 1.96 bits per heavy atom. The topological polar surface area (TPSA) is 145 Å². The van der Waals surface area contributed by atoms with Gasteiger partial charge in [-0.25, -0.2) is 13.4 Å². The molecule has 5 N–H and O–H groups in total. The number of aliphatic imine (C=N–C) groups is 2. The number of hydrogen-bond acceptors (Lipinski definition) is 9. The van der Waals surface area contributed by atoms with E-state index in [-0.39, 0.29) is 35.5 Å². The van der Waals surface area contributed by atoms with Crippen LogP contribution in [-0.2, 0) is 14.9 Å². The molecule has 1 aliphatic rings. The Morgan fingerprint density at radius 1 is 1.29 bits per heavy atom. The van der Waals surface area contributed by atoms with Crippen LogP contribution in [-0.4, -0.2) is 50.5 Å². The van der Waals surface area contributed by atoms with E-state index in [4.69, 9.17) is 32.6 Å². The molecule has 0 amide bonds. The molecule has 13 heteroatoms. The van der Waals surface area contributed by atoms with E-state index in [9.17, 15) is 8.42 Å². The molecule has 1 aromatic rings. The van der Waals surface area contributed by atoms with E-state index in [1.54, 1.807) is 26.0 Å². The van der Waals surface area contributed by atoms with Crippen molar-refractivity contribution in [1.82, 2.24) is 5.06 Å². The molecule has 28 heavy (non-hydrogen) atoms. The Morgan fingerprint density at radius 3 is 2.57 bits per heavy atom. The molecule has 0 radical (unpaired) electrons. The first-order valence-electron chi connectivity index (χ1n) is 8.01. The average molecular weight is 500 g/mol. The van der Waals surface area contributed by atoms with Gasteiger partial charge in [0, 0.05) is 12.5 Å².